The van der Waals surface area contributed by atoms with Crippen LogP contribution in [-0.2, 0) is 0 Å². The Morgan fingerprint density at radius 2 is 2.19 bits per heavy atom. The lowest BCUT2D eigenvalue weighted by Crippen LogP contribution is -2.17. The van der Waals surface area contributed by atoms with Crippen molar-refractivity contribution in [2.75, 3.05) is 26.7 Å². The SMILES string of the molecule is CN1CCC(COc2ccc(C#N)cc2)C1. The minimum absolute atomic E-state index is 0.639. The van der Waals surface area contributed by atoms with E-state index >= 15 is 0 Å². The Morgan fingerprint density at radius 1 is 1.44 bits per heavy atom. The predicted molar refractivity (Wildman–Crippen MR) is 62.3 cm³/mol. The molecule has 0 bridgehead atoms. The van der Waals surface area contributed by atoms with Crippen LogP contribution >= 0.6 is 0 Å². The summed E-state index contributed by atoms with van der Waals surface area (Å²) in [5.74, 6) is 1.49. The molecule has 0 spiro atoms. The molecule has 3 heteroatoms. The number of hydrogen-bond donors (Lipinski definition) is 0. The third-order valence-electron chi connectivity index (χ3n) is 2.96. The van der Waals surface area contributed by atoms with Crippen molar-refractivity contribution >= 4 is 0 Å². The molecule has 1 aromatic carbocycles. The third-order valence-corrected chi connectivity index (χ3v) is 2.96. The summed E-state index contributed by atoms with van der Waals surface area (Å²) in [6, 6.07) is 9.39. The van der Waals surface area contributed by atoms with E-state index in [0.717, 1.165) is 18.9 Å². The average molecular weight is 216 g/mol. The molecule has 0 N–H and O–H groups in total. The molecule has 0 aromatic heterocycles. The first-order valence-electron chi connectivity index (χ1n) is 5.59. The second kappa shape index (κ2) is 5.00. The highest BCUT2D eigenvalue weighted by Gasteiger charge is 2.19. The van der Waals surface area contributed by atoms with Crippen molar-refractivity contribution in [2.24, 2.45) is 5.92 Å². The van der Waals surface area contributed by atoms with Crippen LogP contribution in [0.3, 0.4) is 0 Å². The topological polar surface area (TPSA) is 36.3 Å². The molecule has 0 amide bonds. The first-order chi connectivity index (χ1) is 7.78. The van der Waals surface area contributed by atoms with Crippen LogP contribution in [0.2, 0.25) is 0 Å². The van der Waals surface area contributed by atoms with Crippen LogP contribution in [0.15, 0.2) is 24.3 Å². The van der Waals surface area contributed by atoms with Crippen molar-refractivity contribution < 1.29 is 4.74 Å². The van der Waals surface area contributed by atoms with Gasteiger partial charge in [-0.3, -0.25) is 0 Å². The molecule has 1 saturated heterocycles. The number of ether oxygens (including phenoxy) is 1. The molecule has 0 aliphatic carbocycles. The van der Waals surface area contributed by atoms with E-state index in [1.54, 1.807) is 12.1 Å². The summed E-state index contributed by atoms with van der Waals surface area (Å²) in [5.41, 5.74) is 0.674. The fraction of sp³-hybridized carbons (Fsp3) is 0.462. The molecule has 1 unspecified atom stereocenters. The normalized spacial score (nSPS) is 20.6. The van der Waals surface area contributed by atoms with Gasteiger partial charge in [0.2, 0.25) is 0 Å². The van der Waals surface area contributed by atoms with Crippen LogP contribution in [0.4, 0.5) is 0 Å². The smallest absolute Gasteiger partial charge is 0.119 e. The van der Waals surface area contributed by atoms with E-state index in [0.29, 0.717) is 11.5 Å². The molecule has 2 rings (SSSR count). The third kappa shape index (κ3) is 2.74. The van der Waals surface area contributed by atoms with Crippen LogP contribution in [-0.4, -0.2) is 31.6 Å². The number of likely N-dealkylation sites (tertiary alicyclic amines) is 1. The quantitative estimate of drug-likeness (QED) is 0.774. The summed E-state index contributed by atoms with van der Waals surface area (Å²) < 4.78 is 5.70. The van der Waals surface area contributed by atoms with Gasteiger partial charge >= 0.3 is 0 Å². The lowest BCUT2D eigenvalue weighted by Gasteiger charge is -2.12. The maximum absolute atomic E-state index is 8.66. The summed E-state index contributed by atoms with van der Waals surface area (Å²) in [6.07, 6.45) is 1.22. The van der Waals surface area contributed by atoms with Gasteiger partial charge in [0.25, 0.3) is 0 Å². The highest BCUT2D eigenvalue weighted by molar-refractivity contribution is 5.34. The van der Waals surface area contributed by atoms with E-state index in [9.17, 15) is 0 Å². The van der Waals surface area contributed by atoms with Crippen molar-refractivity contribution in [3.05, 3.63) is 29.8 Å². The van der Waals surface area contributed by atoms with Gasteiger partial charge in [0.05, 0.1) is 18.2 Å². The van der Waals surface area contributed by atoms with E-state index in [-0.39, 0.29) is 0 Å². The molecule has 1 aromatic rings. The van der Waals surface area contributed by atoms with Gasteiger partial charge in [0, 0.05) is 12.5 Å². The van der Waals surface area contributed by atoms with Crippen LogP contribution in [0.25, 0.3) is 0 Å². The zero-order valence-corrected chi connectivity index (χ0v) is 9.52. The van der Waals surface area contributed by atoms with Gasteiger partial charge in [-0.25, -0.2) is 0 Å². The standard InChI is InChI=1S/C13H16N2O/c1-15-7-6-12(9-15)10-16-13-4-2-11(8-14)3-5-13/h2-5,12H,6-7,9-10H2,1H3. The molecule has 0 saturated carbocycles. The van der Waals surface area contributed by atoms with E-state index in [4.69, 9.17) is 10.00 Å². The Kier molecular flexibility index (Phi) is 3.43. The van der Waals surface area contributed by atoms with Gasteiger partial charge in [-0.2, -0.15) is 5.26 Å². The van der Waals surface area contributed by atoms with Gasteiger partial charge in [0.1, 0.15) is 5.75 Å². The number of benzene rings is 1. The van der Waals surface area contributed by atoms with Gasteiger partial charge in [-0.1, -0.05) is 0 Å². The molecule has 1 aliphatic rings. The highest BCUT2D eigenvalue weighted by atomic mass is 16.5. The highest BCUT2D eigenvalue weighted by Crippen LogP contribution is 2.17. The Labute approximate surface area is 96.2 Å². The fourth-order valence-corrected chi connectivity index (χ4v) is 2.00. The van der Waals surface area contributed by atoms with E-state index in [1.165, 1.54) is 13.0 Å². The maximum Gasteiger partial charge on any atom is 0.119 e. The summed E-state index contributed by atoms with van der Waals surface area (Å²) in [4.78, 5) is 2.33. The lowest BCUT2D eigenvalue weighted by atomic mass is 10.1. The molecule has 1 heterocycles. The van der Waals surface area contributed by atoms with Crippen molar-refractivity contribution in [3.63, 3.8) is 0 Å². The van der Waals surface area contributed by atoms with Crippen molar-refractivity contribution in [1.29, 1.82) is 5.26 Å². The minimum atomic E-state index is 0.639. The second-order valence-corrected chi connectivity index (χ2v) is 4.36. The Bertz CT molecular complexity index is 380. The zero-order valence-electron chi connectivity index (χ0n) is 9.52. The zero-order chi connectivity index (χ0) is 11.4. The van der Waals surface area contributed by atoms with E-state index in [1.807, 2.05) is 12.1 Å². The number of nitriles is 1. The Hall–Kier alpha value is -1.53. The Morgan fingerprint density at radius 3 is 2.75 bits per heavy atom. The monoisotopic (exact) mass is 216 g/mol. The van der Waals surface area contributed by atoms with Crippen LogP contribution in [0.1, 0.15) is 12.0 Å². The second-order valence-electron chi connectivity index (χ2n) is 4.36. The molecule has 3 nitrogen and oxygen atoms in total. The number of nitrogens with zero attached hydrogens (tertiary/aromatic N) is 2. The number of hydrogen-bond acceptors (Lipinski definition) is 3. The molecule has 1 aliphatic heterocycles. The summed E-state index contributed by atoms with van der Waals surface area (Å²) in [7, 11) is 2.14. The fourth-order valence-electron chi connectivity index (χ4n) is 2.00. The molecule has 16 heavy (non-hydrogen) atoms. The molecular weight excluding hydrogens is 200 g/mol. The molecular formula is C13H16N2O. The minimum Gasteiger partial charge on any atom is -0.493 e. The van der Waals surface area contributed by atoms with E-state index in [2.05, 4.69) is 18.0 Å². The first-order valence-corrected chi connectivity index (χ1v) is 5.59. The van der Waals surface area contributed by atoms with Crippen molar-refractivity contribution in [2.45, 2.75) is 6.42 Å². The van der Waals surface area contributed by atoms with Gasteiger partial charge in [-0.05, 0) is 44.3 Å². The maximum atomic E-state index is 8.66. The van der Waals surface area contributed by atoms with Crippen LogP contribution in [0, 0.1) is 17.2 Å². The molecule has 84 valence electrons. The summed E-state index contributed by atoms with van der Waals surface area (Å²) in [5, 5.41) is 8.66. The number of rotatable bonds is 3. The van der Waals surface area contributed by atoms with Crippen LogP contribution < -0.4 is 4.74 Å². The largest absolute Gasteiger partial charge is 0.493 e. The summed E-state index contributed by atoms with van der Waals surface area (Å²) in [6.45, 7) is 3.06. The molecule has 0 radical (unpaired) electrons. The van der Waals surface area contributed by atoms with Gasteiger partial charge in [-0.15, -0.1) is 0 Å². The van der Waals surface area contributed by atoms with Crippen molar-refractivity contribution in [1.82, 2.24) is 4.90 Å². The van der Waals surface area contributed by atoms with Crippen LogP contribution in [0.5, 0.6) is 5.75 Å². The van der Waals surface area contributed by atoms with Gasteiger partial charge < -0.3 is 9.64 Å². The Balaban J connectivity index is 1.83. The first kappa shape index (κ1) is 11.0. The molecule has 1 fully saturated rings. The predicted octanol–water partition coefficient (Wildman–Crippen LogP) is 1.89. The lowest BCUT2D eigenvalue weighted by molar-refractivity contribution is 0.249. The van der Waals surface area contributed by atoms with Crippen molar-refractivity contribution in [3.8, 4) is 11.8 Å². The average Bonchev–Trinajstić information content (AvgIpc) is 2.73. The summed E-state index contributed by atoms with van der Waals surface area (Å²) >= 11 is 0. The van der Waals surface area contributed by atoms with E-state index < -0.39 is 0 Å². The van der Waals surface area contributed by atoms with Gasteiger partial charge in [0.15, 0.2) is 0 Å². The molecule has 1 atom stereocenters.